The zero-order valence-corrected chi connectivity index (χ0v) is 20.8. The van der Waals surface area contributed by atoms with E-state index >= 15 is 0 Å². The number of benzene rings is 1. The van der Waals surface area contributed by atoms with Gasteiger partial charge in [-0.15, -0.1) is 10.2 Å². The van der Waals surface area contributed by atoms with Crippen molar-refractivity contribution in [1.82, 2.24) is 24.5 Å². The van der Waals surface area contributed by atoms with E-state index in [1.165, 1.54) is 27.6 Å². The number of nitrogens with two attached hydrogens (primary N) is 1. The van der Waals surface area contributed by atoms with Gasteiger partial charge in [0, 0.05) is 41.8 Å². The summed E-state index contributed by atoms with van der Waals surface area (Å²) in [6.45, 7) is 5.93. The highest BCUT2D eigenvalue weighted by Gasteiger charge is 2.46. The predicted molar refractivity (Wildman–Crippen MR) is 135 cm³/mol. The van der Waals surface area contributed by atoms with Gasteiger partial charge in [0.15, 0.2) is 11.5 Å². The van der Waals surface area contributed by atoms with E-state index in [-0.39, 0.29) is 30.6 Å². The number of rotatable bonds is 4. The van der Waals surface area contributed by atoms with Gasteiger partial charge in [-0.2, -0.15) is 13.2 Å². The number of carbonyl (C=O) groups is 1. The average molecular weight is 512 g/mol. The van der Waals surface area contributed by atoms with Crippen LogP contribution in [0.2, 0.25) is 0 Å². The molecule has 8 nitrogen and oxygen atoms in total. The van der Waals surface area contributed by atoms with Crippen molar-refractivity contribution in [3.8, 4) is 11.5 Å². The first-order valence-corrected chi connectivity index (χ1v) is 12.0. The van der Waals surface area contributed by atoms with E-state index in [4.69, 9.17) is 5.73 Å². The number of pyridine rings is 2. The van der Waals surface area contributed by atoms with Gasteiger partial charge >= 0.3 is 6.18 Å². The lowest BCUT2D eigenvalue weighted by Crippen LogP contribution is -2.38. The molecule has 0 spiro atoms. The van der Waals surface area contributed by atoms with Crippen molar-refractivity contribution in [3.63, 3.8) is 0 Å². The molecule has 1 aromatic carbocycles. The fraction of sp³-hybridized carbons (Fsp3) is 0.385. The standard InChI is InChI=1S/C26H28F3N7O/c1-25(2,3)24(37)31-18-7-4-15-5-8-19(32-20(15)12-18)23-34-33-21-9-6-16(13-36(21)23)22(26(27,28)29)35-11-10-17(30)14-35/h4-9,12-13,17,22H,10-11,14,30H2,1-3H3,(H,31,37). The predicted octanol–water partition coefficient (Wildman–Crippen LogP) is 4.57. The third kappa shape index (κ3) is 5.01. The van der Waals surface area contributed by atoms with Gasteiger partial charge in [-0.1, -0.05) is 39.0 Å². The van der Waals surface area contributed by atoms with Gasteiger partial charge < -0.3 is 11.1 Å². The van der Waals surface area contributed by atoms with E-state index in [1.807, 2.05) is 32.9 Å². The lowest BCUT2D eigenvalue weighted by atomic mass is 9.95. The molecule has 37 heavy (non-hydrogen) atoms. The fourth-order valence-electron chi connectivity index (χ4n) is 4.54. The van der Waals surface area contributed by atoms with Gasteiger partial charge in [0.25, 0.3) is 0 Å². The Morgan fingerprint density at radius 2 is 1.86 bits per heavy atom. The summed E-state index contributed by atoms with van der Waals surface area (Å²) in [5, 5.41) is 12.1. The summed E-state index contributed by atoms with van der Waals surface area (Å²) < 4.78 is 44.0. The topological polar surface area (TPSA) is 101 Å². The van der Waals surface area contributed by atoms with Crippen LogP contribution in [0.3, 0.4) is 0 Å². The number of halogens is 3. The third-order valence-electron chi connectivity index (χ3n) is 6.53. The number of anilines is 1. The van der Waals surface area contributed by atoms with Crippen molar-refractivity contribution in [2.45, 2.75) is 45.5 Å². The van der Waals surface area contributed by atoms with E-state index in [0.717, 1.165) is 5.39 Å². The summed E-state index contributed by atoms with van der Waals surface area (Å²) in [6.07, 6.45) is -2.52. The van der Waals surface area contributed by atoms with Crippen LogP contribution in [0.1, 0.15) is 38.8 Å². The fourth-order valence-corrected chi connectivity index (χ4v) is 4.54. The Morgan fingerprint density at radius 3 is 2.54 bits per heavy atom. The number of likely N-dealkylation sites (tertiary alicyclic amines) is 1. The first-order chi connectivity index (χ1) is 17.4. The quantitative estimate of drug-likeness (QED) is 0.416. The van der Waals surface area contributed by atoms with Crippen molar-refractivity contribution in [3.05, 3.63) is 54.2 Å². The van der Waals surface area contributed by atoms with Gasteiger partial charge in [-0.3, -0.25) is 14.1 Å². The first-order valence-electron chi connectivity index (χ1n) is 12.0. The maximum atomic E-state index is 14.1. The van der Waals surface area contributed by atoms with E-state index in [9.17, 15) is 18.0 Å². The number of hydrogen-bond donors (Lipinski definition) is 2. The second-order valence-corrected chi connectivity index (χ2v) is 10.5. The number of alkyl halides is 3. The molecule has 2 atom stereocenters. The molecule has 3 N–H and O–H groups in total. The maximum absolute atomic E-state index is 14.1. The molecule has 1 fully saturated rings. The van der Waals surface area contributed by atoms with E-state index in [1.54, 1.807) is 18.2 Å². The largest absolute Gasteiger partial charge is 0.408 e. The van der Waals surface area contributed by atoms with E-state index < -0.39 is 17.6 Å². The minimum Gasteiger partial charge on any atom is -0.326 e. The minimum absolute atomic E-state index is 0.0862. The molecular weight excluding hydrogens is 483 g/mol. The summed E-state index contributed by atoms with van der Waals surface area (Å²) >= 11 is 0. The summed E-state index contributed by atoms with van der Waals surface area (Å²) in [7, 11) is 0. The molecule has 4 heterocycles. The van der Waals surface area contributed by atoms with Crippen LogP contribution in [-0.2, 0) is 4.79 Å². The molecule has 0 aliphatic carbocycles. The van der Waals surface area contributed by atoms with Gasteiger partial charge in [0.2, 0.25) is 5.91 Å². The number of hydrogen-bond acceptors (Lipinski definition) is 6. The van der Waals surface area contributed by atoms with Crippen molar-refractivity contribution >= 4 is 28.1 Å². The molecule has 0 bridgehead atoms. The van der Waals surface area contributed by atoms with Gasteiger partial charge in [0.1, 0.15) is 11.7 Å². The monoisotopic (exact) mass is 511 g/mol. The number of fused-ring (bicyclic) bond motifs is 2. The number of nitrogens with one attached hydrogen (secondary N) is 1. The summed E-state index contributed by atoms with van der Waals surface area (Å²) in [4.78, 5) is 18.5. The Morgan fingerprint density at radius 1 is 1.11 bits per heavy atom. The highest BCUT2D eigenvalue weighted by Crippen LogP contribution is 2.39. The first kappa shape index (κ1) is 25.1. The average Bonchev–Trinajstić information content (AvgIpc) is 3.43. The van der Waals surface area contributed by atoms with Crippen molar-refractivity contribution in [2.24, 2.45) is 11.1 Å². The van der Waals surface area contributed by atoms with E-state index in [0.29, 0.717) is 34.8 Å². The number of carbonyl (C=O) groups excluding carboxylic acids is 1. The van der Waals surface area contributed by atoms with Crippen molar-refractivity contribution < 1.29 is 18.0 Å². The normalized spacial score (nSPS) is 18.0. The molecule has 1 amide bonds. The van der Waals surface area contributed by atoms with Crippen LogP contribution < -0.4 is 11.1 Å². The van der Waals surface area contributed by atoms with Crippen molar-refractivity contribution in [1.29, 1.82) is 0 Å². The number of amides is 1. The third-order valence-corrected chi connectivity index (χ3v) is 6.53. The van der Waals surface area contributed by atoms with Gasteiger partial charge in [-0.05, 0) is 36.2 Å². The maximum Gasteiger partial charge on any atom is 0.408 e. The lowest BCUT2D eigenvalue weighted by molar-refractivity contribution is -0.183. The minimum atomic E-state index is -4.47. The van der Waals surface area contributed by atoms with Crippen LogP contribution in [-0.4, -0.2) is 55.7 Å². The van der Waals surface area contributed by atoms with Crippen LogP contribution >= 0.6 is 0 Å². The zero-order valence-electron chi connectivity index (χ0n) is 20.8. The smallest absolute Gasteiger partial charge is 0.326 e. The second kappa shape index (κ2) is 9.07. The summed E-state index contributed by atoms with van der Waals surface area (Å²) in [5.74, 6) is 0.194. The van der Waals surface area contributed by atoms with Gasteiger partial charge in [-0.25, -0.2) is 4.98 Å². The number of aromatic nitrogens is 4. The van der Waals surface area contributed by atoms with Gasteiger partial charge in [0.05, 0.1) is 5.52 Å². The highest BCUT2D eigenvalue weighted by atomic mass is 19.4. The molecule has 1 aliphatic rings. The van der Waals surface area contributed by atoms with Crippen LogP contribution in [0.15, 0.2) is 48.7 Å². The lowest BCUT2D eigenvalue weighted by Gasteiger charge is -2.30. The van der Waals surface area contributed by atoms with Crippen molar-refractivity contribution in [2.75, 3.05) is 18.4 Å². The Labute approximate surface area is 211 Å². The van der Waals surface area contributed by atoms with Crippen LogP contribution in [0.5, 0.6) is 0 Å². The highest BCUT2D eigenvalue weighted by molar-refractivity contribution is 5.96. The zero-order chi connectivity index (χ0) is 26.5. The molecule has 3 aromatic heterocycles. The van der Waals surface area contributed by atoms with Crippen LogP contribution in [0.25, 0.3) is 28.1 Å². The van der Waals surface area contributed by atoms with Crippen LogP contribution in [0, 0.1) is 5.41 Å². The molecule has 1 saturated heterocycles. The summed E-state index contributed by atoms with van der Waals surface area (Å²) in [5.41, 5.74) is 7.49. The Hall–Kier alpha value is -3.57. The second-order valence-electron chi connectivity index (χ2n) is 10.5. The molecule has 2 unspecified atom stereocenters. The Bertz CT molecular complexity index is 1470. The molecule has 0 radical (unpaired) electrons. The Kier molecular flexibility index (Phi) is 6.15. The molecule has 194 valence electrons. The molecule has 0 saturated carbocycles. The summed E-state index contributed by atoms with van der Waals surface area (Å²) in [6, 6.07) is 9.91. The number of nitrogens with zero attached hydrogens (tertiary/aromatic N) is 5. The molecule has 11 heteroatoms. The van der Waals surface area contributed by atoms with Crippen LogP contribution in [0.4, 0.5) is 18.9 Å². The molecule has 1 aliphatic heterocycles. The molecule has 5 rings (SSSR count). The SMILES string of the molecule is CC(C)(C)C(=O)Nc1ccc2ccc(-c3nnc4ccc(C(N5CCC(N)C5)C(F)(F)F)cn34)nc2c1. The van der Waals surface area contributed by atoms with E-state index in [2.05, 4.69) is 20.5 Å². The Balaban J connectivity index is 1.53. The molecular formula is C26H28F3N7O. The molecule has 4 aromatic rings.